The number of hydrogen-bond acceptors (Lipinski definition) is 4. The van der Waals surface area contributed by atoms with Crippen molar-refractivity contribution >= 4 is 29.9 Å². The average Bonchev–Trinajstić information content (AvgIpc) is 3.19. The van der Waals surface area contributed by atoms with Gasteiger partial charge in [-0.1, -0.05) is 0 Å². The maximum atomic E-state index is 5.42. The van der Waals surface area contributed by atoms with E-state index in [0.717, 1.165) is 83.6 Å². The summed E-state index contributed by atoms with van der Waals surface area (Å²) < 4.78 is 10.8. The number of likely N-dealkylation sites (tertiary alicyclic amines) is 1. The molecule has 1 N–H and O–H groups in total. The molecule has 0 atom stereocenters. The molecule has 0 unspecified atom stereocenters. The molecule has 0 amide bonds. The first-order valence-electron chi connectivity index (χ1n) is 9.77. The van der Waals surface area contributed by atoms with Gasteiger partial charge in [-0.3, -0.25) is 9.89 Å². The Morgan fingerprint density at radius 3 is 2.65 bits per heavy atom. The SMILES string of the molecule is I.c1coc(CCNC(=NCCCN2CCOCC2)N2CCCCC2)c1. The first-order chi connectivity index (χ1) is 12.4. The molecule has 0 radical (unpaired) electrons. The Labute approximate surface area is 174 Å². The van der Waals surface area contributed by atoms with E-state index in [4.69, 9.17) is 14.1 Å². The molecule has 2 aliphatic rings. The van der Waals surface area contributed by atoms with E-state index >= 15 is 0 Å². The van der Waals surface area contributed by atoms with E-state index in [1.165, 1.54) is 19.3 Å². The highest BCUT2D eigenvalue weighted by Gasteiger charge is 2.15. The molecule has 3 rings (SSSR count). The van der Waals surface area contributed by atoms with Crippen LogP contribution in [0.2, 0.25) is 0 Å². The Kier molecular flexibility index (Phi) is 10.4. The van der Waals surface area contributed by atoms with E-state index < -0.39 is 0 Å². The van der Waals surface area contributed by atoms with Crippen molar-refractivity contribution in [2.24, 2.45) is 4.99 Å². The molecule has 2 aliphatic heterocycles. The van der Waals surface area contributed by atoms with Crippen molar-refractivity contribution < 1.29 is 9.15 Å². The number of morpholine rings is 1. The predicted molar refractivity (Wildman–Crippen MR) is 115 cm³/mol. The molecule has 0 spiro atoms. The zero-order valence-corrected chi connectivity index (χ0v) is 18.0. The Morgan fingerprint density at radius 1 is 1.12 bits per heavy atom. The summed E-state index contributed by atoms with van der Waals surface area (Å²) in [5.41, 5.74) is 0. The summed E-state index contributed by atoms with van der Waals surface area (Å²) >= 11 is 0. The highest BCUT2D eigenvalue weighted by Crippen LogP contribution is 2.09. The first kappa shape index (κ1) is 21.5. The quantitative estimate of drug-likeness (QED) is 0.284. The topological polar surface area (TPSA) is 53.2 Å². The van der Waals surface area contributed by atoms with Crippen LogP contribution in [0.25, 0.3) is 0 Å². The molecule has 1 aromatic heterocycles. The fourth-order valence-corrected chi connectivity index (χ4v) is 3.43. The number of aliphatic imine (C=N–C) groups is 1. The highest BCUT2D eigenvalue weighted by atomic mass is 127. The van der Waals surface area contributed by atoms with Gasteiger partial charge in [0.2, 0.25) is 0 Å². The maximum Gasteiger partial charge on any atom is 0.193 e. The molecule has 148 valence electrons. The normalized spacial score (nSPS) is 19.2. The van der Waals surface area contributed by atoms with Gasteiger partial charge in [0.15, 0.2) is 5.96 Å². The maximum absolute atomic E-state index is 5.42. The monoisotopic (exact) mass is 476 g/mol. The van der Waals surface area contributed by atoms with Crippen LogP contribution < -0.4 is 5.32 Å². The van der Waals surface area contributed by atoms with Crippen LogP contribution in [0.4, 0.5) is 0 Å². The second-order valence-corrected chi connectivity index (χ2v) is 6.82. The van der Waals surface area contributed by atoms with Crippen LogP contribution in [-0.4, -0.2) is 74.8 Å². The summed E-state index contributed by atoms with van der Waals surface area (Å²) in [6.45, 7) is 8.98. The van der Waals surface area contributed by atoms with Crippen molar-refractivity contribution in [3.63, 3.8) is 0 Å². The number of nitrogens with zero attached hydrogens (tertiary/aromatic N) is 3. The van der Waals surface area contributed by atoms with Crippen LogP contribution in [0.15, 0.2) is 27.8 Å². The minimum Gasteiger partial charge on any atom is -0.469 e. The summed E-state index contributed by atoms with van der Waals surface area (Å²) in [7, 11) is 0. The summed E-state index contributed by atoms with van der Waals surface area (Å²) in [5, 5.41) is 3.55. The largest absolute Gasteiger partial charge is 0.469 e. The summed E-state index contributed by atoms with van der Waals surface area (Å²) in [5.74, 6) is 2.10. The van der Waals surface area contributed by atoms with Crippen LogP contribution >= 0.6 is 24.0 Å². The standard InChI is InChI=1S/C19H32N4O2.HI/c1-2-11-23(12-3-1)19(21-9-7-18-6-4-15-25-18)20-8-5-10-22-13-16-24-17-14-22;/h4,6,15H,1-3,5,7-14,16-17H2,(H,20,21);1H. The first-order valence-corrected chi connectivity index (χ1v) is 9.77. The third kappa shape index (κ3) is 7.44. The zero-order valence-electron chi connectivity index (χ0n) is 15.7. The minimum atomic E-state index is 0. The fraction of sp³-hybridized carbons (Fsp3) is 0.737. The molecule has 2 saturated heterocycles. The molecule has 1 aromatic rings. The van der Waals surface area contributed by atoms with Gasteiger partial charge >= 0.3 is 0 Å². The van der Waals surface area contributed by atoms with Crippen LogP contribution in [0.3, 0.4) is 0 Å². The smallest absolute Gasteiger partial charge is 0.193 e. The van der Waals surface area contributed by atoms with E-state index in [-0.39, 0.29) is 24.0 Å². The molecular formula is C19H33IN4O2. The second kappa shape index (κ2) is 12.6. The van der Waals surface area contributed by atoms with Gasteiger partial charge in [0.25, 0.3) is 0 Å². The molecule has 0 aromatic carbocycles. The number of nitrogens with one attached hydrogen (secondary N) is 1. The summed E-state index contributed by atoms with van der Waals surface area (Å²) in [6, 6.07) is 3.97. The van der Waals surface area contributed by atoms with Gasteiger partial charge in [-0.2, -0.15) is 0 Å². The lowest BCUT2D eigenvalue weighted by atomic mass is 10.1. The molecule has 3 heterocycles. The molecule has 26 heavy (non-hydrogen) atoms. The Bertz CT molecular complexity index is 498. The number of hydrogen-bond donors (Lipinski definition) is 1. The van der Waals surface area contributed by atoms with Crippen molar-refractivity contribution in [3.8, 4) is 0 Å². The minimum absolute atomic E-state index is 0. The van der Waals surface area contributed by atoms with E-state index in [1.807, 2.05) is 12.1 Å². The van der Waals surface area contributed by atoms with E-state index in [9.17, 15) is 0 Å². The number of rotatable bonds is 7. The van der Waals surface area contributed by atoms with Crippen LogP contribution in [0, 0.1) is 0 Å². The number of furan rings is 1. The molecule has 7 heteroatoms. The van der Waals surface area contributed by atoms with Crippen molar-refractivity contribution in [2.75, 3.05) is 59.0 Å². The number of halogens is 1. The Balaban J connectivity index is 0.00000243. The molecule has 0 bridgehead atoms. The van der Waals surface area contributed by atoms with Gasteiger partial charge in [0.1, 0.15) is 5.76 Å². The highest BCUT2D eigenvalue weighted by molar-refractivity contribution is 14.0. The van der Waals surface area contributed by atoms with Gasteiger partial charge in [-0.15, -0.1) is 24.0 Å². The van der Waals surface area contributed by atoms with Gasteiger partial charge in [0, 0.05) is 52.2 Å². The van der Waals surface area contributed by atoms with E-state index in [0.29, 0.717) is 0 Å². The summed E-state index contributed by atoms with van der Waals surface area (Å²) in [4.78, 5) is 9.79. The predicted octanol–water partition coefficient (Wildman–Crippen LogP) is 2.59. The molecule has 2 fully saturated rings. The lowest BCUT2D eigenvalue weighted by Gasteiger charge is -2.30. The molecule has 0 saturated carbocycles. The van der Waals surface area contributed by atoms with Crippen LogP contribution in [0.5, 0.6) is 0 Å². The zero-order chi connectivity index (χ0) is 17.2. The van der Waals surface area contributed by atoms with E-state index in [2.05, 4.69) is 15.1 Å². The third-order valence-corrected chi connectivity index (χ3v) is 4.89. The number of guanidine groups is 1. The van der Waals surface area contributed by atoms with Crippen molar-refractivity contribution in [3.05, 3.63) is 24.2 Å². The number of ether oxygens (including phenoxy) is 1. The van der Waals surface area contributed by atoms with Crippen molar-refractivity contribution in [1.29, 1.82) is 0 Å². The average molecular weight is 476 g/mol. The van der Waals surface area contributed by atoms with Crippen molar-refractivity contribution in [1.82, 2.24) is 15.1 Å². The fourth-order valence-electron chi connectivity index (χ4n) is 3.43. The van der Waals surface area contributed by atoms with Crippen LogP contribution in [0.1, 0.15) is 31.4 Å². The lowest BCUT2D eigenvalue weighted by molar-refractivity contribution is 0.0377. The van der Waals surface area contributed by atoms with Gasteiger partial charge in [-0.25, -0.2) is 0 Å². The third-order valence-electron chi connectivity index (χ3n) is 4.89. The Hall–Kier alpha value is -0.800. The number of piperidine rings is 1. The van der Waals surface area contributed by atoms with Gasteiger partial charge in [-0.05, 0) is 37.8 Å². The van der Waals surface area contributed by atoms with E-state index in [1.54, 1.807) is 6.26 Å². The van der Waals surface area contributed by atoms with Crippen LogP contribution in [-0.2, 0) is 11.2 Å². The van der Waals surface area contributed by atoms with Crippen molar-refractivity contribution in [2.45, 2.75) is 32.1 Å². The second-order valence-electron chi connectivity index (χ2n) is 6.82. The molecular weight excluding hydrogens is 443 g/mol. The van der Waals surface area contributed by atoms with Gasteiger partial charge < -0.3 is 19.4 Å². The molecule has 6 nitrogen and oxygen atoms in total. The Morgan fingerprint density at radius 2 is 1.92 bits per heavy atom. The summed E-state index contributed by atoms with van der Waals surface area (Å²) in [6.07, 6.45) is 7.62. The lowest BCUT2D eigenvalue weighted by Crippen LogP contribution is -2.45. The molecule has 0 aliphatic carbocycles. The van der Waals surface area contributed by atoms with Gasteiger partial charge in [0.05, 0.1) is 19.5 Å².